The Hall–Kier alpha value is -1.49. The van der Waals surface area contributed by atoms with Crippen LogP contribution in [0.2, 0.25) is 0 Å². The molecule has 3 fully saturated rings. The lowest BCUT2D eigenvalue weighted by atomic mass is 9.94. The number of sulfonamides is 1. The fourth-order valence-electron chi connectivity index (χ4n) is 4.65. The number of nitrogens with one attached hydrogen (secondary N) is 1. The monoisotopic (exact) mass is 455 g/mol. The molecule has 0 aliphatic carbocycles. The number of nitrogens with zero attached hydrogens (tertiary/aromatic N) is 2. The Balaban J connectivity index is 1.35. The summed E-state index contributed by atoms with van der Waals surface area (Å²) in [5.74, 6) is 0.221. The fraction of sp³-hybridized carbons (Fsp3) is 0.650. The second kappa shape index (κ2) is 8.57. The maximum Gasteiger partial charge on any atom is 0.243 e. The Morgan fingerprint density at radius 2 is 1.73 bits per heavy atom. The summed E-state index contributed by atoms with van der Waals surface area (Å²) in [7, 11) is -6.43. The van der Waals surface area contributed by atoms with Crippen molar-refractivity contribution in [1.29, 1.82) is 0 Å². The molecule has 0 saturated carbocycles. The van der Waals surface area contributed by atoms with Crippen LogP contribution in [0.25, 0.3) is 0 Å². The van der Waals surface area contributed by atoms with E-state index >= 15 is 0 Å². The summed E-state index contributed by atoms with van der Waals surface area (Å²) >= 11 is 0. The highest BCUT2D eigenvalue weighted by Crippen LogP contribution is 2.27. The third kappa shape index (κ3) is 4.71. The average Bonchev–Trinajstić information content (AvgIpc) is 3.38. The minimum Gasteiger partial charge on any atom is -0.326 e. The third-order valence-electron chi connectivity index (χ3n) is 6.43. The zero-order chi connectivity index (χ0) is 21.4. The van der Waals surface area contributed by atoms with Crippen molar-refractivity contribution in [2.45, 2.75) is 43.0 Å². The first kappa shape index (κ1) is 21.7. The van der Waals surface area contributed by atoms with Crippen LogP contribution in [0.1, 0.15) is 32.1 Å². The van der Waals surface area contributed by atoms with Gasteiger partial charge in [0.25, 0.3) is 0 Å². The molecular formula is C20H29N3O5S2. The van der Waals surface area contributed by atoms with Gasteiger partial charge in [-0.2, -0.15) is 4.31 Å². The van der Waals surface area contributed by atoms with Gasteiger partial charge in [-0.1, -0.05) is 6.07 Å². The minimum absolute atomic E-state index is 0.0755. The quantitative estimate of drug-likeness (QED) is 0.718. The molecule has 1 unspecified atom stereocenters. The average molecular weight is 456 g/mol. The van der Waals surface area contributed by atoms with Crippen molar-refractivity contribution in [2.75, 3.05) is 43.0 Å². The van der Waals surface area contributed by atoms with Gasteiger partial charge in [0.15, 0.2) is 9.84 Å². The summed E-state index contributed by atoms with van der Waals surface area (Å²) in [5, 5.41) is 2.88. The number of anilines is 1. The highest BCUT2D eigenvalue weighted by atomic mass is 32.2. The van der Waals surface area contributed by atoms with Crippen LogP contribution in [0, 0.1) is 5.92 Å². The third-order valence-corrected chi connectivity index (χ3v) is 10.1. The Kier molecular flexibility index (Phi) is 6.20. The van der Waals surface area contributed by atoms with Crippen LogP contribution < -0.4 is 5.32 Å². The highest BCUT2D eigenvalue weighted by molar-refractivity contribution is 7.91. The number of piperidine rings is 1. The molecule has 1 N–H and O–H groups in total. The van der Waals surface area contributed by atoms with Gasteiger partial charge in [-0.15, -0.1) is 0 Å². The van der Waals surface area contributed by atoms with Gasteiger partial charge in [0.05, 0.1) is 16.4 Å². The first-order valence-electron chi connectivity index (χ1n) is 10.6. The van der Waals surface area contributed by atoms with Crippen molar-refractivity contribution in [3.63, 3.8) is 0 Å². The number of benzene rings is 1. The van der Waals surface area contributed by atoms with Crippen LogP contribution in [0.5, 0.6) is 0 Å². The molecule has 1 aromatic rings. The van der Waals surface area contributed by atoms with Gasteiger partial charge in [0, 0.05) is 30.7 Å². The number of carbonyl (C=O) groups is 1. The van der Waals surface area contributed by atoms with E-state index in [1.165, 1.54) is 10.4 Å². The number of rotatable bonds is 5. The van der Waals surface area contributed by atoms with Crippen molar-refractivity contribution < 1.29 is 21.6 Å². The molecule has 3 aliphatic rings. The second-order valence-electron chi connectivity index (χ2n) is 8.50. The van der Waals surface area contributed by atoms with Crippen molar-refractivity contribution in [1.82, 2.24) is 9.21 Å². The van der Waals surface area contributed by atoms with E-state index in [0.717, 1.165) is 12.8 Å². The second-order valence-corrected chi connectivity index (χ2v) is 12.7. The van der Waals surface area contributed by atoms with Gasteiger partial charge in [-0.05, 0) is 63.4 Å². The van der Waals surface area contributed by atoms with Crippen LogP contribution in [-0.2, 0) is 24.7 Å². The molecule has 0 spiro atoms. The molecule has 1 aromatic carbocycles. The van der Waals surface area contributed by atoms with Crippen LogP contribution in [0.4, 0.5) is 5.69 Å². The Bertz CT molecular complexity index is 995. The number of amides is 1. The SMILES string of the molecule is O=C(Nc1cccc(S(=O)(=O)N2CCCC2)c1)C1CCN(C2CCS(=O)(=O)C2)CC1. The molecule has 166 valence electrons. The Labute approximate surface area is 178 Å². The van der Waals surface area contributed by atoms with Gasteiger partial charge in [0.2, 0.25) is 15.9 Å². The summed E-state index contributed by atoms with van der Waals surface area (Å²) in [6, 6.07) is 6.54. The van der Waals surface area contributed by atoms with Gasteiger partial charge in [-0.25, -0.2) is 16.8 Å². The molecule has 0 bridgehead atoms. The predicted molar refractivity (Wildman–Crippen MR) is 114 cm³/mol. The lowest BCUT2D eigenvalue weighted by Gasteiger charge is -2.34. The molecule has 3 heterocycles. The van der Waals surface area contributed by atoms with E-state index < -0.39 is 19.9 Å². The number of likely N-dealkylation sites (tertiary alicyclic amines) is 1. The van der Waals surface area contributed by atoms with Gasteiger partial charge >= 0.3 is 0 Å². The smallest absolute Gasteiger partial charge is 0.243 e. The van der Waals surface area contributed by atoms with Crippen molar-refractivity contribution in [3.05, 3.63) is 24.3 Å². The van der Waals surface area contributed by atoms with E-state index in [4.69, 9.17) is 0 Å². The molecule has 1 atom stereocenters. The molecule has 0 aromatic heterocycles. The van der Waals surface area contributed by atoms with E-state index in [0.29, 0.717) is 51.1 Å². The summed E-state index contributed by atoms with van der Waals surface area (Å²) in [5.41, 5.74) is 0.490. The standard InChI is InChI=1S/C20H29N3O5S2/c24-20(16-6-11-22(12-7-16)18-8-13-29(25,26)15-18)21-17-4-3-5-19(14-17)30(27,28)23-9-1-2-10-23/h3-5,14,16,18H,1-2,6-13,15H2,(H,21,24). The molecule has 4 rings (SSSR count). The van der Waals surface area contributed by atoms with E-state index in [1.807, 2.05) is 0 Å². The molecular weight excluding hydrogens is 426 g/mol. The first-order chi connectivity index (χ1) is 14.2. The van der Waals surface area contributed by atoms with Crippen molar-refractivity contribution >= 4 is 31.5 Å². The van der Waals surface area contributed by atoms with Gasteiger partial charge < -0.3 is 5.32 Å². The van der Waals surface area contributed by atoms with Crippen molar-refractivity contribution in [2.24, 2.45) is 5.92 Å². The van der Waals surface area contributed by atoms with Crippen molar-refractivity contribution in [3.8, 4) is 0 Å². The van der Waals surface area contributed by atoms with Gasteiger partial charge in [-0.3, -0.25) is 9.69 Å². The van der Waals surface area contributed by atoms with E-state index in [2.05, 4.69) is 10.2 Å². The predicted octanol–water partition coefficient (Wildman–Crippen LogP) is 1.31. The fourth-order valence-corrected chi connectivity index (χ4v) is 7.97. The Morgan fingerprint density at radius 3 is 2.37 bits per heavy atom. The van der Waals surface area contributed by atoms with Crippen LogP contribution >= 0.6 is 0 Å². The number of carbonyl (C=O) groups excluding carboxylic acids is 1. The summed E-state index contributed by atoms with van der Waals surface area (Å²) in [4.78, 5) is 15.1. The number of sulfone groups is 1. The lowest BCUT2D eigenvalue weighted by Crippen LogP contribution is -2.44. The van der Waals surface area contributed by atoms with E-state index in [-0.39, 0.29) is 34.3 Å². The van der Waals surface area contributed by atoms with Crippen LogP contribution in [0.3, 0.4) is 0 Å². The lowest BCUT2D eigenvalue weighted by molar-refractivity contribution is -0.121. The molecule has 30 heavy (non-hydrogen) atoms. The number of hydrogen-bond acceptors (Lipinski definition) is 6. The molecule has 1 amide bonds. The molecule has 3 saturated heterocycles. The minimum atomic E-state index is -3.52. The maximum absolute atomic E-state index is 12.7. The van der Waals surface area contributed by atoms with Crippen LogP contribution in [0.15, 0.2) is 29.2 Å². The molecule has 10 heteroatoms. The molecule has 8 nitrogen and oxygen atoms in total. The number of hydrogen-bond donors (Lipinski definition) is 1. The molecule has 3 aliphatic heterocycles. The maximum atomic E-state index is 12.7. The Morgan fingerprint density at radius 1 is 1.03 bits per heavy atom. The zero-order valence-electron chi connectivity index (χ0n) is 17.0. The highest BCUT2D eigenvalue weighted by Gasteiger charge is 2.35. The summed E-state index contributed by atoms with van der Waals surface area (Å²) in [6.45, 7) is 2.50. The summed E-state index contributed by atoms with van der Waals surface area (Å²) in [6.07, 6.45) is 3.78. The largest absolute Gasteiger partial charge is 0.326 e. The van der Waals surface area contributed by atoms with Gasteiger partial charge in [0.1, 0.15) is 0 Å². The van der Waals surface area contributed by atoms with E-state index in [9.17, 15) is 21.6 Å². The first-order valence-corrected chi connectivity index (χ1v) is 13.9. The topological polar surface area (TPSA) is 104 Å². The zero-order valence-corrected chi connectivity index (χ0v) is 18.6. The van der Waals surface area contributed by atoms with E-state index in [1.54, 1.807) is 18.2 Å². The molecule has 0 radical (unpaired) electrons. The summed E-state index contributed by atoms with van der Waals surface area (Å²) < 4.78 is 50.4. The normalized spacial score (nSPS) is 26.1. The van der Waals surface area contributed by atoms with Crippen LogP contribution in [-0.4, -0.2) is 75.7 Å².